The van der Waals surface area contributed by atoms with Crippen LogP contribution < -0.4 is 10.6 Å². The van der Waals surface area contributed by atoms with Gasteiger partial charge in [0.05, 0.1) is 23.0 Å². The molecule has 132 valence electrons. The molecule has 0 aliphatic rings. The van der Waals surface area contributed by atoms with Gasteiger partial charge in [-0.2, -0.15) is 5.10 Å². The zero-order valence-electron chi connectivity index (χ0n) is 13.8. The number of rotatable bonds is 6. The van der Waals surface area contributed by atoms with E-state index in [1.54, 1.807) is 10.9 Å². The van der Waals surface area contributed by atoms with Crippen molar-refractivity contribution in [3.8, 4) is 5.69 Å². The summed E-state index contributed by atoms with van der Waals surface area (Å²) in [5, 5.41) is 10.4. The Morgan fingerprint density at radius 1 is 1.23 bits per heavy atom. The maximum absolute atomic E-state index is 11.9. The van der Waals surface area contributed by atoms with Gasteiger partial charge in [-0.05, 0) is 12.1 Å². The Labute approximate surface area is 153 Å². The summed E-state index contributed by atoms with van der Waals surface area (Å²) in [5.41, 5.74) is 1.53. The van der Waals surface area contributed by atoms with Crippen molar-refractivity contribution in [2.24, 2.45) is 0 Å². The molecule has 9 heteroatoms. The third kappa shape index (κ3) is 4.06. The van der Waals surface area contributed by atoms with Crippen LogP contribution in [0.2, 0.25) is 0 Å². The fraction of sp³-hybridized carbons (Fsp3) is 0.118. The number of imide groups is 1. The van der Waals surface area contributed by atoms with E-state index in [-0.39, 0.29) is 12.3 Å². The molecular weight excluding hydrogens is 352 g/mol. The van der Waals surface area contributed by atoms with Gasteiger partial charge in [0.25, 0.3) is 0 Å². The summed E-state index contributed by atoms with van der Waals surface area (Å²) >= 11 is 1.22. The van der Waals surface area contributed by atoms with E-state index in [4.69, 9.17) is 0 Å². The number of thioether (sulfide) groups is 1. The highest BCUT2D eigenvalue weighted by atomic mass is 32.2. The molecule has 0 aliphatic heterocycles. The van der Waals surface area contributed by atoms with Crippen molar-refractivity contribution >= 4 is 34.7 Å². The first-order valence-corrected chi connectivity index (χ1v) is 8.73. The van der Waals surface area contributed by atoms with Crippen molar-refractivity contribution in [2.75, 3.05) is 12.3 Å². The van der Waals surface area contributed by atoms with Gasteiger partial charge < -0.3 is 5.32 Å². The first kappa shape index (κ1) is 17.6. The van der Waals surface area contributed by atoms with Crippen LogP contribution in [0.5, 0.6) is 0 Å². The minimum Gasteiger partial charge on any atom is -0.334 e. The number of aromatic nitrogens is 4. The number of urea groups is 1. The second kappa shape index (κ2) is 8.26. The van der Waals surface area contributed by atoms with Crippen LogP contribution in [-0.2, 0) is 4.79 Å². The smallest absolute Gasteiger partial charge is 0.321 e. The van der Waals surface area contributed by atoms with Crippen molar-refractivity contribution in [3.63, 3.8) is 0 Å². The molecule has 8 nitrogen and oxygen atoms in total. The second-order valence-corrected chi connectivity index (χ2v) is 6.11. The number of benzene rings is 1. The van der Waals surface area contributed by atoms with Crippen molar-refractivity contribution in [2.45, 2.75) is 5.03 Å². The molecule has 0 saturated heterocycles. The number of para-hydroxylation sites is 1. The van der Waals surface area contributed by atoms with Crippen LogP contribution in [0.4, 0.5) is 4.79 Å². The Bertz CT molecular complexity index is 941. The van der Waals surface area contributed by atoms with Crippen LogP contribution in [0, 0.1) is 0 Å². The van der Waals surface area contributed by atoms with Crippen molar-refractivity contribution in [1.29, 1.82) is 0 Å². The lowest BCUT2D eigenvalue weighted by atomic mass is 10.3. The van der Waals surface area contributed by atoms with Gasteiger partial charge in [0, 0.05) is 6.54 Å². The Kier molecular flexibility index (Phi) is 5.59. The average molecular weight is 368 g/mol. The molecule has 0 bridgehead atoms. The number of amides is 3. The van der Waals surface area contributed by atoms with E-state index in [0.29, 0.717) is 10.7 Å². The highest BCUT2D eigenvalue weighted by Gasteiger charge is 2.13. The SMILES string of the molecule is C=CCNC(=O)NC(=O)CSc1ncnc2c1cnn2-c1ccccc1. The van der Waals surface area contributed by atoms with Crippen LogP contribution in [-0.4, -0.2) is 44.0 Å². The van der Waals surface area contributed by atoms with Crippen LogP contribution >= 0.6 is 11.8 Å². The minimum absolute atomic E-state index is 0.0458. The number of hydrogen-bond acceptors (Lipinski definition) is 6. The van der Waals surface area contributed by atoms with E-state index in [1.165, 1.54) is 24.2 Å². The summed E-state index contributed by atoms with van der Waals surface area (Å²) in [7, 11) is 0. The zero-order valence-corrected chi connectivity index (χ0v) is 14.6. The molecule has 2 heterocycles. The molecule has 3 amide bonds. The molecule has 0 spiro atoms. The normalized spacial score (nSPS) is 10.5. The van der Waals surface area contributed by atoms with Crippen LogP contribution in [0.15, 0.2) is 60.5 Å². The standard InChI is InChI=1S/C17H16N6O2S/c1-2-8-18-17(25)22-14(24)10-26-16-13-9-21-23(15(13)19-11-20-16)12-6-4-3-5-7-12/h2-7,9,11H,1,8,10H2,(H2,18,22,24,25). The maximum Gasteiger partial charge on any atom is 0.321 e. The lowest BCUT2D eigenvalue weighted by molar-refractivity contribution is -0.117. The number of nitrogens with zero attached hydrogens (tertiary/aromatic N) is 4. The van der Waals surface area contributed by atoms with Gasteiger partial charge in [0.2, 0.25) is 5.91 Å². The van der Waals surface area contributed by atoms with Crippen LogP contribution in [0.1, 0.15) is 0 Å². The van der Waals surface area contributed by atoms with E-state index in [0.717, 1.165) is 11.1 Å². The van der Waals surface area contributed by atoms with Crippen molar-refractivity contribution < 1.29 is 9.59 Å². The topological polar surface area (TPSA) is 102 Å². The summed E-state index contributed by atoms with van der Waals surface area (Å²) in [6.07, 6.45) is 4.63. The molecule has 0 saturated carbocycles. The molecule has 3 rings (SSSR count). The van der Waals surface area contributed by atoms with Crippen LogP contribution in [0.25, 0.3) is 16.7 Å². The predicted octanol–water partition coefficient (Wildman–Crippen LogP) is 1.92. The highest BCUT2D eigenvalue weighted by molar-refractivity contribution is 8.00. The first-order valence-electron chi connectivity index (χ1n) is 7.74. The van der Waals surface area contributed by atoms with Gasteiger partial charge in [-0.15, -0.1) is 6.58 Å². The molecule has 0 atom stereocenters. The molecule has 0 unspecified atom stereocenters. The molecule has 1 aromatic carbocycles. The zero-order chi connectivity index (χ0) is 18.4. The van der Waals surface area contributed by atoms with Crippen LogP contribution in [0.3, 0.4) is 0 Å². The lowest BCUT2D eigenvalue weighted by Gasteiger charge is -2.05. The molecular formula is C17H16N6O2S. The monoisotopic (exact) mass is 368 g/mol. The number of carbonyl (C=O) groups excluding carboxylic acids is 2. The average Bonchev–Trinajstić information content (AvgIpc) is 3.10. The maximum atomic E-state index is 11.9. The van der Waals surface area contributed by atoms with E-state index in [1.807, 2.05) is 30.3 Å². The molecule has 2 N–H and O–H groups in total. The number of fused-ring (bicyclic) bond motifs is 1. The fourth-order valence-electron chi connectivity index (χ4n) is 2.20. The van der Waals surface area contributed by atoms with Crippen molar-refractivity contribution in [3.05, 3.63) is 55.5 Å². The first-order chi connectivity index (χ1) is 12.7. The molecule has 0 radical (unpaired) electrons. The fourth-order valence-corrected chi connectivity index (χ4v) is 2.96. The number of carbonyl (C=O) groups is 2. The summed E-state index contributed by atoms with van der Waals surface area (Å²) in [6, 6.07) is 9.06. The van der Waals surface area contributed by atoms with Gasteiger partial charge in [0.15, 0.2) is 5.65 Å². The third-order valence-corrected chi connectivity index (χ3v) is 4.34. The van der Waals surface area contributed by atoms with Gasteiger partial charge >= 0.3 is 6.03 Å². The lowest BCUT2D eigenvalue weighted by Crippen LogP contribution is -2.40. The second-order valence-electron chi connectivity index (χ2n) is 5.14. The number of hydrogen-bond donors (Lipinski definition) is 2. The summed E-state index contributed by atoms with van der Waals surface area (Å²) in [6.45, 7) is 3.78. The minimum atomic E-state index is -0.555. The van der Waals surface area contributed by atoms with Gasteiger partial charge in [-0.25, -0.2) is 19.4 Å². The molecule has 0 aliphatic carbocycles. The van der Waals surface area contributed by atoms with Gasteiger partial charge in [0.1, 0.15) is 11.4 Å². The molecule has 26 heavy (non-hydrogen) atoms. The van der Waals surface area contributed by atoms with Crippen molar-refractivity contribution in [1.82, 2.24) is 30.4 Å². The Balaban J connectivity index is 1.71. The van der Waals surface area contributed by atoms with E-state index < -0.39 is 11.9 Å². The van der Waals surface area contributed by atoms with Gasteiger partial charge in [-0.3, -0.25) is 10.1 Å². The molecule has 3 aromatic rings. The largest absolute Gasteiger partial charge is 0.334 e. The Morgan fingerprint density at radius 2 is 2.04 bits per heavy atom. The summed E-state index contributed by atoms with van der Waals surface area (Å²) in [5.74, 6) is -0.372. The van der Waals surface area contributed by atoms with Gasteiger partial charge in [-0.1, -0.05) is 36.0 Å². The Morgan fingerprint density at radius 3 is 2.81 bits per heavy atom. The summed E-state index contributed by atoms with van der Waals surface area (Å²) in [4.78, 5) is 31.8. The third-order valence-electron chi connectivity index (χ3n) is 3.33. The predicted molar refractivity (Wildman–Crippen MR) is 99.1 cm³/mol. The van der Waals surface area contributed by atoms with E-state index in [2.05, 4.69) is 32.3 Å². The molecule has 0 fully saturated rings. The quantitative estimate of drug-likeness (QED) is 0.392. The van der Waals surface area contributed by atoms with E-state index >= 15 is 0 Å². The van der Waals surface area contributed by atoms with E-state index in [9.17, 15) is 9.59 Å². The Hall–Kier alpha value is -3.20. The summed E-state index contributed by atoms with van der Waals surface area (Å²) < 4.78 is 1.71. The highest BCUT2D eigenvalue weighted by Crippen LogP contribution is 2.25. The number of nitrogens with one attached hydrogen (secondary N) is 2. The molecule has 2 aromatic heterocycles.